The second-order valence-electron chi connectivity index (χ2n) is 8.06. The van der Waals surface area contributed by atoms with Gasteiger partial charge in [-0.1, -0.05) is 51.1 Å². The molecule has 0 bridgehead atoms. The number of fused-ring (bicyclic) bond motifs is 1. The lowest BCUT2D eigenvalue weighted by Crippen LogP contribution is -2.29. The van der Waals surface area contributed by atoms with Gasteiger partial charge in [-0.25, -0.2) is 9.59 Å². The molecule has 0 unspecified atom stereocenters. The van der Waals surface area contributed by atoms with Gasteiger partial charge in [0.05, 0.1) is 12.2 Å². The van der Waals surface area contributed by atoms with Crippen LogP contribution in [0.5, 0.6) is 0 Å². The zero-order valence-corrected chi connectivity index (χ0v) is 17.4. The molecule has 0 atom stereocenters. The Balaban J connectivity index is 1.47. The van der Waals surface area contributed by atoms with Crippen molar-refractivity contribution in [2.75, 3.05) is 13.2 Å². The molecule has 3 aromatic rings. The van der Waals surface area contributed by atoms with Crippen molar-refractivity contribution in [3.8, 4) is 0 Å². The second kappa shape index (κ2) is 8.95. The van der Waals surface area contributed by atoms with Crippen molar-refractivity contribution >= 4 is 22.8 Å². The van der Waals surface area contributed by atoms with E-state index in [0.717, 1.165) is 5.56 Å². The molecule has 3 rings (SSSR count). The predicted molar refractivity (Wildman–Crippen MR) is 115 cm³/mol. The van der Waals surface area contributed by atoms with E-state index in [4.69, 9.17) is 9.15 Å². The summed E-state index contributed by atoms with van der Waals surface area (Å²) >= 11 is 0. The van der Waals surface area contributed by atoms with Gasteiger partial charge in [-0.15, -0.1) is 0 Å². The summed E-state index contributed by atoms with van der Waals surface area (Å²) in [6.45, 7) is 6.75. The maximum atomic E-state index is 12.3. The monoisotopic (exact) mass is 407 g/mol. The van der Waals surface area contributed by atoms with E-state index in [1.165, 1.54) is 6.07 Å². The summed E-state index contributed by atoms with van der Waals surface area (Å²) in [6.07, 6.45) is 0.427. The van der Waals surface area contributed by atoms with E-state index < -0.39 is 17.5 Å². The Morgan fingerprint density at radius 1 is 1.03 bits per heavy atom. The highest BCUT2D eigenvalue weighted by Gasteiger charge is 2.15. The number of amides is 1. The van der Waals surface area contributed by atoms with E-state index in [2.05, 4.69) is 26.1 Å². The molecule has 0 radical (unpaired) electrons. The summed E-state index contributed by atoms with van der Waals surface area (Å²) in [5.74, 6) is -0.921. The summed E-state index contributed by atoms with van der Waals surface area (Å²) in [6, 6.07) is 15.9. The Labute approximate surface area is 174 Å². The van der Waals surface area contributed by atoms with E-state index in [1.54, 1.807) is 36.4 Å². The molecule has 6 heteroatoms. The molecule has 0 aliphatic rings. The summed E-state index contributed by atoms with van der Waals surface area (Å²) in [4.78, 5) is 36.4. The van der Waals surface area contributed by atoms with Crippen LogP contribution in [-0.4, -0.2) is 25.0 Å². The van der Waals surface area contributed by atoms with Crippen LogP contribution in [0.2, 0.25) is 0 Å². The van der Waals surface area contributed by atoms with Crippen molar-refractivity contribution < 1.29 is 18.7 Å². The molecule has 0 fully saturated rings. The third kappa shape index (κ3) is 5.14. The van der Waals surface area contributed by atoms with E-state index >= 15 is 0 Å². The number of hydrogen-bond acceptors (Lipinski definition) is 5. The van der Waals surface area contributed by atoms with Gasteiger partial charge in [0.1, 0.15) is 11.1 Å². The highest BCUT2D eigenvalue weighted by Crippen LogP contribution is 2.22. The molecule has 2 aromatic carbocycles. The number of rotatable bonds is 6. The minimum atomic E-state index is -0.684. The quantitative estimate of drug-likeness (QED) is 0.378. The first-order valence-electron chi connectivity index (χ1n) is 9.84. The van der Waals surface area contributed by atoms with Gasteiger partial charge in [0.15, 0.2) is 0 Å². The van der Waals surface area contributed by atoms with Gasteiger partial charge >= 0.3 is 11.6 Å². The Bertz CT molecular complexity index is 1110. The maximum Gasteiger partial charge on any atom is 0.349 e. The van der Waals surface area contributed by atoms with E-state index in [-0.39, 0.29) is 24.1 Å². The van der Waals surface area contributed by atoms with Crippen LogP contribution in [0.15, 0.2) is 63.8 Å². The first kappa shape index (κ1) is 21.3. The van der Waals surface area contributed by atoms with Crippen molar-refractivity contribution in [2.45, 2.75) is 32.6 Å². The molecule has 0 saturated carbocycles. The molecule has 156 valence electrons. The minimum Gasteiger partial charge on any atom is -0.462 e. The molecule has 0 spiro atoms. The highest BCUT2D eigenvalue weighted by molar-refractivity contribution is 5.96. The van der Waals surface area contributed by atoms with Gasteiger partial charge in [-0.3, -0.25) is 4.79 Å². The molecular formula is C24H25NO5. The molecule has 1 N–H and O–H groups in total. The number of carbonyl (C=O) groups is 2. The summed E-state index contributed by atoms with van der Waals surface area (Å²) in [7, 11) is 0. The van der Waals surface area contributed by atoms with Crippen LogP contribution in [0.4, 0.5) is 0 Å². The van der Waals surface area contributed by atoms with Crippen LogP contribution in [-0.2, 0) is 10.2 Å². The van der Waals surface area contributed by atoms with E-state index in [1.807, 2.05) is 12.1 Å². The average Bonchev–Trinajstić information content (AvgIpc) is 2.72. The number of nitrogens with one attached hydrogen (secondary N) is 1. The van der Waals surface area contributed by atoms with Gasteiger partial charge < -0.3 is 14.5 Å². The summed E-state index contributed by atoms with van der Waals surface area (Å²) in [5.41, 5.74) is 1.34. The van der Waals surface area contributed by atoms with Gasteiger partial charge in [0.25, 0.3) is 5.91 Å². The minimum absolute atomic E-state index is 0.0168. The van der Waals surface area contributed by atoms with Crippen LogP contribution in [0, 0.1) is 0 Å². The number of esters is 1. The smallest absolute Gasteiger partial charge is 0.349 e. The maximum absolute atomic E-state index is 12.3. The van der Waals surface area contributed by atoms with Gasteiger partial charge in [-0.05, 0) is 41.7 Å². The first-order chi connectivity index (χ1) is 14.3. The summed E-state index contributed by atoms with van der Waals surface area (Å²) in [5, 5.41) is 3.33. The van der Waals surface area contributed by atoms with Crippen LogP contribution >= 0.6 is 0 Å². The zero-order chi connectivity index (χ0) is 21.7. The Hall–Kier alpha value is -3.41. The van der Waals surface area contributed by atoms with Crippen LogP contribution in [0.3, 0.4) is 0 Å². The number of para-hydroxylation sites is 1. The van der Waals surface area contributed by atoms with Crippen molar-refractivity contribution in [2.24, 2.45) is 0 Å². The van der Waals surface area contributed by atoms with Crippen LogP contribution < -0.4 is 10.9 Å². The van der Waals surface area contributed by atoms with Gasteiger partial charge in [-0.2, -0.15) is 0 Å². The first-order valence-corrected chi connectivity index (χ1v) is 9.84. The van der Waals surface area contributed by atoms with Crippen molar-refractivity contribution in [1.29, 1.82) is 0 Å². The molecule has 1 aromatic heterocycles. The average molecular weight is 407 g/mol. The fourth-order valence-corrected chi connectivity index (χ4v) is 2.94. The second-order valence-corrected chi connectivity index (χ2v) is 8.06. The van der Waals surface area contributed by atoms with Crippen molar-refractivity contribution in [1.82, 2.24) is 5.32 Å². The predicted octanol–water partition coefficient (Wildman–Crippen LogP) is 4.07. The van der Waals surface area contributed by atoms with E-state index in [0.29, 0.717) is 23.0 Å². The van der Waals surface area contributed by atoms with Crippen LogP contribution in [0.25, 0.3) is 11.0 Å². The molecule has 0 aliphatic heterocycles. The highest BCUT2D eigenvalue weighted by atomic mass is 16.5. The van der Waals surface area contributed by atoms with Gasteiger partial charge in [0, 0.05) is 11.9 Å². The number of hydrogen-bond donors (Lipinski definition) is 1. The third-order valence-electron chi connectivity index (χ3n) is 4.71. The molecule has 0 aliphatic carbocycles. The molecule has 1 amide bonds. The largest absolute Gasteiger partial charge is 0.462 e. The topological polar surface area (TPSA) is 85.6 Å². The normalized spacial score (nSPS) is 11.3. The molecular weight excluding hydrogens is 382 g/mol. The lowest BCUT2D eigenvalue weighted by atomic mass is 9.87. The Kier molecular flexibility index (Phi) is 6.35. The SMILES string of the molecule is CC(C)(C)c1ccc(C(=O)OCCCNC(=O)c2cc3ccccc3oc2=O)cc1. The van der Waals surface area contributed by atoms with Gasteiger partial charge in [0.2, 0.25) is 0 Å². The number of carbonyl (C=O) groups excluding carboxylic acids is 2. The molecule has 0 saturated heterocycles. The zero-order valence-electron chi connectivity index (χ0n) is 17.4. The Morgan fingerprint density at radius 2 is 1.73 bits per heavy atom. The number of benzene rings is 2. The summed E-state index contributed by atoms with van der Waals surface area (Å²) < 4.78 is 10.4. The van der Waals surface area contributed by atoms with Crippen LogP contribution in [0.1, 0.15) is 53.5 Å². The lowest BCUT2D eigenvalue weighted by molar-refractivity contribution is 0.0501. The van der Waals surface area contributed by atoms with Crippen molar-refractivity contribution in [3.05, 3.63) is 81.7 Å². The van der Waals surface area contributed by atoms with E-state index in [9.17, 15) is 14.4 Å². The fourth-order valence-electron chi connectivity index (χ4n) is 2.94. The number of ether oxygens (including phenoxy) is 1. The fraction of sp³-hybridized carbons (Fsp3) is 0.292. The molecule has 30 heavy (non-hydrogen) atoms. The molecule has 6 nitrogen and oxygen atoms in total. The molecule has 1 heterocycles. The Morgan fingerprint density at radius 3 is 2.43 bits per heavy atom. The van der Waals surface area contributed by atoms with Crippen molar-refractivity contribution in [3.63, 3.8) is 0 Å². The third-order valence-corrected chi connectivity index (χ3v) is 4.71. The standard InChI is InChI=1S/C24H25NO5/c1-24(2,3)18-11-9-16(10-12-18)22(27)29-14-6-13-25-21(26)19-15-17-7-4-5-8-20(17)30-23(19)28/h4-5,7-12,15H,6,13-14H2,1-3H3,(H,25,26). The lowest BCUT2D eigenvalue weighted by Gasteiger charge is -2.18.